The van der Waals surface area contributed by atoms with Gasteiger partial charge in [-0.15, -0.1) is 0 Å². The number of hydrogen-bond acceptors (Lipinski definition) is 6. The molecule has 0 radical (unpaired) electrons. The van der Waals surface area contributed by atoms with Crippen molar-refractivity contribution in [1.82, 2.24) is 24.5 Å². The summed E-state index contributed by atoms with van der Waals surface area (Å²) in [7, 11) is 0. The van der Waals surface area contributed by atoms with Crippen molar-refractivity contribution in [2.24, 2.45) is 0 Å². The second kappa shape index (κ2) is 7.45. The average molecular weight is 429 g/mol. The number of para-hydroxylation sites is 1. The number of hydrogen-bond donors (Lipinski definition) is 3. The maximum atomic E-state index is 13.9. The van der Waals surface area contributed by atoms with Gasteiger partial charge in [0.2, 0.25) is 5.95 Å². The summed E-state index contributed by atoms with van der Waals surface area (Å²) in [5.74, 6) is 0.0909. The summed E-state index contributed by atoms with van der Waals surface area (Å²) in [5.41, 5.74) is 8.93. The van der Waals surface area contributed by atoms with Crippen molar-refractivity contribution in [1.29, 1.82) is 0 Å². The molecule has 3 aromatic heterocycles. The number of imidazole rings is 1. The van der Waals surface area contributed by atoms with Gasteiger partial charge in [-0.3, -0.25) is 9.36 Å². The van der Waals surface area contributed by atoms with E-state index in [-0.39, 0.29) is 17.5 Å². The third-order valence-corrected chi connectivity index (χ3v) is 5.46. The zero-order valence-electron chi connectivity index (χ0n) is 17.4. The van der Waals surface area contributed by atoms with E-state index in [9.17, 15) is 9.18 Å². The van der Waals surface area contributed by atoms with Crippen molar-refractivity contribution in [3.63, 3.8) is 0 Å². The van der Waals surface area contributed by atoms with Gasteiger partial charge in [-0.2, -0.15) is 9.97 Å². The number of fused-ring (bicyclic) bond motifs is 2. The highest BCUT2D eigenvalue weighted by Gasteiger charge is 2.20. The van der Waals surface area contributed by atoms with Crippen LogP contribution in [0.15, 0.2) is 59.7 Å². The van der Waals surface area contributed by atoms with Gasteiger partial charge in [0.1, 0.15) is 11.3 Å². The number of aromatic amines is 1. The summed E-state index contributed by atoms with van der Waals surface area (Å²) in [6, 6.07) is 13.3. The van der Waals surface area contributed by atoms with Crippen molar-refractivity contribution in [2.45, 2.75) is 19.9 Å². The number of pyridine rings is 1. The minimum atomic E-state index is -0.456. The normalized spacial score (nSPS) is 12.3. The number of H-pyrrole nitrogens is 1. The van der Waals surface area contributed by atoms with Crippen LogP contribution in [-0.4, -0.2) is 24.5 Å². The number of anilines is 2. The molecule has 0 aliphatic heterocycles. The maximum Gasteiger partial charge on any atom is 0.263 e. The molecule has 9 heteroatoms. The molecule has 0 saturated heterocycles. The van der Waals surface area contributed by atoms with Crippen LogP contribution in [0.4, 0.5) is 16.2 Å². The quantitative estimate of drug-likeness (QED) is 0.400. The highest BCUT2D eigenvalue weighted by molar-refractivity contribution is 5.85. The van der Waals surface area contributed by atoms with Crippen LogP contribution in [0.2, 0.25) is 0 Å². The van der Waals surface area contributed by atoms with Crippen molar-refractivity contribution in [2.75, 3.05) is 11.1 Å². The molecule has 5 rings (SSSR count). The summed E-state index contributed by atoms with van der Waals surface area (Å²) >= 11 is 0. The largest absolute Gasteiger partial charge is 0.368 e. The number of aryl methyl sites for hydroxylation is 1. The number of nitrogens with one attached hydrogen (secondary N) is 2. The molecule has 1 atom stereocenters. The Morgan fingerprint density at radius 1 is 1.16 bits per heavy atom. The molecule has 8 nitrogen and oxygen atoms in total. The van der Waals surface area contributed by atoms with Crippen LogP contribution < -0.4 is 16.6 Å². The van der Waals surface area contributed by atoms with Crippen LogP contribution in [-0.2, 0) is 0 Å². The molecule has 160 valence electrons. The van der Waals surface area contributed by atoms with Crippen molar-refractivity contribution in [3.05, 3.63) is 82.3 Å². The van der Waals surface area contributed by atoms with Crippen molar-refractivity contribution >= 4 is 33.7 Å². The molecule has 0 aliphatic rings. The van der Waals surface area contributed by atoms with Gasteiger partial charge < -0.3 is 16.0 Å². The van der Waals surface area contributed by atoms with Gasteiger partial charge in [0.25, 0.3) is 5.56 Å². The molecule has 0 fully saturated rings. The van der Waals surface area contributed by atoms with Crippen LogP contribution in [0.25, 0.3) is 27.6 Å². The first-order valence-corrected chi connectivity index (χ1v) is 10.1. The summed E-state index contributed by atoms with van der Waals surface area (Å²) in [6.07, 6.45) is 1.52. The highest BCUT2D eigenvalue weighted by Crippen LogP contribution is 2.27. The smallest absolute Gasteiger partial charge is 0.263 e. The number of rotatable bonds is 4. The average Bonchev–Trinajstić information content (AvgIpc) is 3.23. The number of benzene rings is 2. The fourth-order valence-corrected chi connectivity index (χ4v) is 3.92. The van der Waals surface area contributed by atoms with E-state index in [2.05, 4.69) is 25.3 Å². The van der Waals surface area contributed by atoms with Crippen LogP contribution in [0.1, 0.15) is 24.2 Å². The molecule has 5 aromatic rings. The number of aromatic nitrogens is 5. The first kappa shape index (κ1) is 19.7. The first-order valence-electron chi connectivity index (χ1n) is 10.1. The molecular weight excluding hydrogens is 409 g/mol. The molecule has 2 aromatic carbocycles. The Labute approximate surface area is 182 Å². The van der Waals surface area contributed by atoms with Crippen LogP contribution in [0, 0.1) is 12.7 Å². The van der Waals surface area contributed by atoms with E-state index >= 15 is 0 Å². The second-order valence-corrected chi connectivity index (χ2v) is 7.62. The summed E-state index contributed by atoms with van der Waals surface area (Å²) in [5, 5.41) is 4.27. The molecular formula is C23H20FN7O. The third-order valence-electron chi connectivity index (χ3n) is 5.46. The van der Waals surface area contributed by atoms with Gasteiger partial charge in [0.15, 0.2) is 11.5 Å². The van der Waals surface area contributed by atoms with Crippen LogP contribution in [0.5, 0.6) is 0 Å². The Morgan fingerprint density at radius 2 is 1.97 bits per heavy atom. The third kappa shape index (κ3) is 3.24. The van der Waals surface area contributed by atoms with Gasteiger partial charge in [-0.25, -0.2) is 9.37 Å². The molecule has 3 heterocycles. The minimum absolute atomic E-state index is 0.0988. The Morgan fingerprint density at radius 3 is 2.78 bits per heavy atom. The van der Waals surface area contributed by atoms with Gasteiger partial charge in [0.05, 0.1) is 23.4 Å². The monoisotopic (exact) mass is 429 g/mol. The number of halogens is 1. The molecule has 0 amide bonds. The Bertz CT molecular complexity index is 1540. The molecule has 0 aliphatic carbocycles. The van der Waals surface area contributed by atoms with E-state index in [0.29, 0.717) is 33.4 Å². The van der Waals surface area contributed by atoms with Crippen molar-refractivity contribution in [3.8, 4) is 5.69 Å². The Balaban J connectivity index is 1.73. The number of nitrogens with two attached hydrogens (primary N) is 1. The lowest BCUT2D eigenvalue weighted by atomic mass is 10.1. The number of nitrogen functional groups attached to an aromatic ring is 1. The lowest BCUT2D eigenvalue weighted by molar-refractivity contribution is 0.629. The van der Waals surface area contributed by atoms with Gasteiger partial charge >= 0.3 is 0 Å². The summed E-state index contributed by atoms with van der Waals surface area (Å²) in [4.78, 5) is 29.2. The van der Waals surface area contributed by atoms with Gasteiger partial charge in [-0.05, 0) is 49.1 Å². The zero-order valence-corrected chi connectivity index (χ0v) is 17.4. The lowest BCUT2D eigenvalue weighted by Gasteiger charge is -2.22. The van der Waals surface area contributed by atoms with E-state index in [1.165, 1.54) is 18.5 Å². The maximum absolute atomic E-state index is 13.9. The minimum Gasteiger partial charge on any atom is -0.368 e. The molecule has 0 saturated carbocycles. The van der Waals surface area contributed by atoms with Crippen LogP contribution in [0.3, 0.4) is 0 Å². The first-order chi connectivity index (χ1) is 15.4. The second-order valence-electron chi connectivity index (χ2n) is 7.62. The van der Waals surface area contributed by atoms with E-state index in [0.717, 1.165) is 11.3 Å². The van der Waals surface area contributed by atoms with Crippen LogP contribution >= 0.6 is 0 Å². The van der Waals surface area contributed by atoms with E-state index < -0.39 is 5.82 Å². The molecule has 32 heavy (non-hydrogen) atoms. The predicted molar refractivity (Wildman–Crippen MR) is 122 cm³/mol. The Hall–Kier alpha value is -4.27. The number of nitrogens with zero attached hydrogens (tertiary/aromatic N) is 4. The molecule has 4 N–H and O–H groups in total. The predicted octanol–water partition coefficient (Wildman–Crippen LogP) is 3.86. The fraction of sp³-hybridized carbons (Fsp3) is 0.130. The van der Waals surface area contributed by atoms with Crippen molar-refractivity contribution < 1.29 is 4.39 Å². The Kier molecular flexibility index (Phi) is 4.58. The fourth-order valence-electron chi connectivity index (χ4n) is 3.92. The van der Waals surface area contributed by atoms with E-state index in [4.69, 9.17) is 5.73 Å². The van der Waals surface area contributed by atoms with Gasteiger partial charge in [0, 0.05) is 5.69 Å². The summed E-state index contributed by atoms with van der Waals surface area (Å²) in [6.45, 7) is 3.84. The zero-order chi connectivity index (χ0) is 22.4. The van der Waals surface area contributed by atoms with E-state index in [1.54, 1.807) is 10.6 Å². The standard InChI is InChI=1S/C23H20FN7O/c1-12-5-3-4-6-17(12)31-18(9-14-7-8-15(24)10-16(14)22(31)32)13(2)28-21-19-20(27-11-26-19)29-23(25)30-21/h3-11,13H,1-2H3,(H4,25,26,27,28,29,30). The van der Waals surface area contributed by atoms with E-state index in [1.807, 2.05) is 44.2 Å². The topological polar surface area (TPSA) is 115 Å². The summed E-state index contributed by atoms with van der Waals surface area (Å²) < 4.78 is 15.5. The highest BCUT2D eigenvalue weighted by atomic mass is 19.1. The SMILES string of the molecule is Cc1ccccc1-n1c(C(C)Nc2nc(N)nc3[nH]cnc23)cc2ccc(F)cc2c1=O. The lowest BCUT2D eigenvalue weighted by Crippen LogP contribution is -2.26. The van der Waals surface area contributed by atoms with Gasteiger partial charge in [-0.1, -0.05) is 24.3 Å². The molecule has 0 spiro atoms. The molecule has 1 unspecified atom stereocenters. The molecule has 0 bridgehead atoms.